The number of para-hydroxylation sites is 1. The Morgan fingerprint density at radius 3 is 2.43 bits per heavy atom. The van der Waals surface area contributed by atoms with Crippen molar-refractivity contribution in [3.05, 3.63) is 47.1 Å². The zero-order chi connectivity index (χ0) is 20.2. The van der Waals surface area contributed by atoms with E-state index in [0.29, 0.717) is 11.3 Å². The van der Waals surface area contributed by atoms with Crippen LogP contribution >= 0.6 is 0 Å². The molecule has 3 aliphatic rings. The van der Waals surface area contributed by atoms with Crippen LogP contribution in [0.4, 0.5) is 5.69 Å². The summed E-state index contributed by atoms with van der Waals surface area (Å²) in [5.74, 6) is -2.95. The van der Waals surface area contributed by atoms with Gasteiger partial charge in [0.2, 0.25) is 5.72 Å². The van der Waals surface area contributed by atoms with Crippen LogP contribution in [0.3, 0.4) is 0 Å². The fraction of sp³-hybridized carbons (Fsp3) is 0.263. The van der Waals surface area contributed by atoms with E-state index in [2.05, 4.69) is 0 Å². The minimum absolute atomic E-state index is 0.0975. The number of methoxy groups -OCH3 is 2. The Bertz CT molecular complexity index is 1010. The summed E-state index contributed by atoms with van der Waals surface area (Å²) < 4.78 is 20.5. The number of anilines is 1. The molecule has 0 aromatic heterocycles. The second-order valence-electron chi connectivity index (χ2n) is 6.28. The molecule has 0 spiro atoms. The molecule has 9 heteroatoms. The molecular formula is C19H15NO8. The summed E-state index contributed by atoms with van der Waals surface area (Å²) in [6.07, 6.45) is 1.33. The van der Waals surface area contributed by atoms with Gasteiger partial charge in [-0.1, -0.05) is 12.1 Å². The van der Waals surface area contributed by atoms with E-state index in [4.69, 9.17) is 18.9 Å². The SMILES string of the molecule is COC(=O)C1=C(C(=O)OC)[C@@]23C=C(OC(C)=O)c4ccccc4N2[C@@H]1C(=O)O3. The van der Waals surface area contributed by atoms with Crippen molar-refractivity contribution in [2.75, 3.05) is 19.1 Å². The highest BCUT2D eigenvalue weighted by Gasteiger charge is 2.69. The molecule has 9 nitrogen and oxygen atoms in total. The van der Waals surface area contributed by atoms with Gasteiger partial charge in [-0.15, -0.1) is 0 Å². The third-order valence-corrected chi connectivity index (χ3v) is 4.80. The third-order valence-electron chi connectivity index (χ3n) is 4.80. The van der Waals surface area contributed by atoms with Crippen LogP contribution in [0.5, 0.6) is 0 Å². The molecule has 2 atom stereocenters. The molecule has 0 radical (unpaired) electrons. The van der Waals surface area contributed by atoms with Gasteiger partial charge in [0.15, 0.2) is 6.04 Å². The molecule has 0 N–H and O–H groups in total. The average molecular weight is 385 g/mol. The molecule has 4 rings (SSSR count). The molecule has 0 saturated carbocycles. The number of hydrogen-bond donors (Lipinski definition) is 0. The van der Waals surface area contributed by atoms with E-state index in [-0.39, 0.29) is 16.9 Å². The van der Waals surface area contributed by atoms with Crippen LogP contribution in [0.1, 0.15) is 12.5 Å². The van der Waals surface area contributed by atoms with Crippen molar-refractivity contribution in [2.24, 2.45) is 0 Å². The first kappa shape index (κ1) is 17.8. The summed E-state index contributed by atoms with van der Waals surface area (Å²) in [7, 11) is 2.29. The van der Waals surface area contributed by atoms with E-state index in [9.17, 15) is 19.2 Å². The Labute approximate surface area is 159 Å². The van der Waals surface area contributed by atoms with E-state index in [1.807, 2.05) is 0 Å². The molecule has 1 aromatic rings. The second kappa shape index (κ2) is 5.95. The van der Waals surface area contributed by atoms with Crippen LogP contribution in [0, 0.1) is 0 Å². The molecule has 3 heterocycles. The van der Waals surface area contributed by atoms with Crippen molar-refractivity contribution >= 4 is 35.3 Å². The van der Waals surface area contributed by atoms with Gasteiger partial charge in [0.05, 0.1) is 25.5 Å². The van der Waals surface area contributed by atoms with Crippen LogP contribution in [0.2, 0.25) is 0 Å². The highest BCUT2D eigenvalue weighted by molar-refractivity contribution is 6.15. The van der Waals surface area contributed by atoms with Crippen molar-refractivity contribution in [3.8, 4) is 0 Å². The first-order valence-electron chi connectivity index (χ1n) is 8.30. The smallest absolute Gasteiger partial charge is 0.340 e. The zero-order valence-electron chi connectivity index (χ0n) is 15.2. The highest BCUT2D eigenvalue weighted by Crippen LogP contribution is 2.55. The predicted molar refractivity (Wildman–Crippen MR) is 92.3 cm³/mol. The highest BCUT2D eigenvalue weighted by atomic mass is 16.6. The Morgan fingerprint density at radius 2 is 1.79 bits per heavy atom. The lowest BCUT2D eigenvalue weighted by Gasteiger charge is -2.37. The van der Waals surface area contributed by atoms with Gasteiger partial charge >= 0.3 is 23.9 Å². The number of carbonyl (C=O) groups excluding carboxylic acids is 4. The van der Waals surface area contributed by atoms with Crippen molar-refractivity contribution < 1.29 is 38.1 Å². The molecule has 0 amide bonds. The van der Waals surface area contributed by atoms with E-state index in [1.54, 1.807) is 24.3 Å². The van der Waals surface area contributed by atoms with Crippen molar-refractivity contribution in [2.45, 2.75) is 18.7 Å². The van der Waals surface area contributed by atoms with Gasteiger partial charge in [-0.05, 0) is 12.1 Å². The fourth-order valence-corrected chi connectivity index (χ4v) is 3.86. The summed E-state index contributed by atoms with van der Waals surface area (Å²) >= 11 is 0. The molecule has 0 aliphatic carbocycles. The number of nitrogens with zero attached hydrogens (tertiary/aromatic N) is 1. The molecule has 1 saturated heterocycles. The summed E-state index contributed by atoms with van der Waals surface area (Å²) in [4.78, 5) is 50.8. The molecule has 3 aliphatic heterocycles. The lowest BCUT2D eigenvalue weighted by atomic mass is 9.93. The Balaban J connectivity index is 2.04. The number of benzene rings is 1. The number of hydrogen-bond acceptors (Lipinski definition) is 9. The van der Waals surface area contributed by atoms with Crippen molar-refractivity contribution in [3.63, 3.8) is 0 Å². The number of carbonyl (C=O) groups is 4. The zero-order valence-corrected chi connectivity index (χ0v) is 15.2. The minimum atomic E-state index is -1.78. The Morgan fingerprint density at radius 1 is 1.11 bits per heavy atom. The van der Waals surface area contributed by atoms with E-state index in [0.717, 1.165) is 14.2 Å². The lowest BCUT2D eigenvalue weighted by molar-refractivity contribution is -0.150. The first-order valence-corrected chi connectivity index (χ1v) is 8.30. The third kappa shape index (κ3) is 2.13. The minimum Gasteiger partial charge on any atom is -0.466 e. The van der Waals surface area contributed by atoms with Gasteiger partial charge in [-0.25, -0.2) is 14.4 Å². The van der Waals surface area contributed by atoms with Gasteiger partial charge in [0.25, 0.3) is 0 Å². The van der Waals surface area contributed by atoms with Gasteiger partial charge in [-0.3, -0.25) is 4.79 Å². The molecule has 144 valence electrons. The van der Waals surface area contributed by atoms with Crippen LogP contribution in [0.25, 0.3) is 5.76 Å². The average Bonchev–Trinajstić information content (AvgIpc) is 3.13. The normalized spacial score (nSPS) is 24.1. The monoisotopic (exact) mass is 385 g/mol. The standard InChI is InChI=1S/C19H15NO8/c1-9(21)27-12-8-19-14(17(23)26-3)13(16(22)25-2)15(18(24)28-19)20(19)11-7-5-4-6-10(11)12/h4-8,15H,1-3H3/t15-,19-/m0/s1. The molecule has 1 aromatic carbocycles. The maximum Gasteiger partial charge on any atom is 0.340 e. The van der Waals surface area contributed by atoms with Crippen molar-refractivity contribution in [1.29, 1.82) is 0 Å². The summed E-state index contributed by atoms with van der Waals surface area (Å²) in [6, 6.07) is 5.60. The fourth-order valence-electron chi connectivity index (χ4n) is 3.86. The molecule has 2 bridgehead atoms. The van der Waals surface area contributed by atoms with Gasteiger partial charge in [-0.2, -0.15) is 0 Å². The molecule has 28 heavy (non-hydrogen) atoms. The molecular weight excluding hydrogens is 370 g/mol. The summed E-state index contributed by atoms with van der Waals surface area (Å²) in [6.45, 7) is 1.22. The Kier molecular flexibility index (Phi) is 3.77. The molecule has 0 unspecified atom stereocenters. The van der Waals surface area contributed by atoms with E-state index in [1.165, 1.54) is 17.9 Å². The van der Waals surface area contributed by atoms with Gasteiger partial charge in [0, 0.05) is 18.6 Å². The quantitative estimate of drug-likeness (QED) is 0.548. The number of ether oxygens (including phenoxy) is 4. The van der Waals surface area contributed by atoms with E-state index >= 15 is 0 Å². The van der Waals surface area contributed by atoms with Crippen LogP contribution < -0.4 is 4.90 Å². The Hall–Kier alpha value is -3.62. The number of fused-ring (bicyclic) bond motifs is 1. The van der Waals surface area contributed by atoms with E-state index < -0.39 is 35.6 Å². The molecule has 1 fully saturated rings. The number of rotatable bonds is 3. The van der Waals surface area contributed by atoms with Crippen LogP contribution in [-0.2, 0) is 38.1 Å². The van der Waals surface area contributed by atoms with Gasteiger partial charge in [0.1, 0.15) is 11.3 Å². The topological polar surface area (TPSA) is 108 Å². The summed E-state index contributed by atoms with van der Waals surface area (Å²) in [5, 5.41) is 0. The van der Waals surface area contributed by atoms with Crippen LogP contribution in [0.15, 0.2) is 41.5 Å². The van der Waals surface area contributed by atoms with Crippen LogP contribution in [-0.4, -0.2) is 49.9 Å². The predicted octanol–water partition coefficient (Wildman–Crippen LogP) is 0.688. The van der Waals surface area contributed by atoms with Crippen molar-refractivity contribution in [1.82, 2.24) is 0 Å². The number of esters is 4. The summed E-state index contributed by atoms with van der Waals surface area (Å²) in [5.41, 5.74) is -1.17. The first-order chi connectivity index (χ1) is 13.4. The lowest BCUT2D eigenvalue weighted by Crippen LogP contribution is -2.47. The largest absolute Gasteiger partial charge is 0.466 e. The maximum absolute atomic E-state index is 12.6. The van der Waals surface area contributed by atoms with Gasteiger partial charge < -0.3 is 23.8 Å². The maximum atomic E-state index is 12.6. The second-order valence-corrected chi connectivity index (χ2v) is 6.28.